The first kappa shape index (κ1) is 16.0. The molecule has 1 amide bonds. The predicted octanol–water partition coefficient (Wildman–Crippen LogP) is 3.63. The van der Waals surface area contributed by atoms with Gasteiger partial charge in [0.15, 0.2) is 0 Å². The van der Waals surface area contributed by atoms with Crippen LogP contribution in [0.5, 0.6) is 0 Å². The zero-order valence-electron chi connectivity index (χ0n) is 11.5. The summed E-state index contributed by atoms with van der Waals surface area (Å²) in [4.78, 5) is 13.4. The van der Waals surface area contributed by atoms with Crippen LogP contribution in [-0.2, 0) is 4.79 Å². The van der Waals surface area contributed by atoms with Gasteiger partial charge in [-0.25, -0.2) is 8.78 Å². The summed E-state index contributed by atoms with van der Waals surface area (Å²) < 4.78 is 26.8. The Labute approximate surface area is 117 Å². The first-order chi connectivity index (χ1) is 8.97. The van der Waals surface area contributed by atoms with Gasteiger partial charge in [0, 0.05) is 12.6 Å². The third-order valence-corrected chi connectivity index (χ3v) is 4.10. The van der Waals surface area contributed by atoms with E-state index in [1.807, 2.05) is 6.92 Å². The van der Waals surface area contributed by atoms with E-state index in [1.54, 1.807) is 25.7 Å². The van der Waals surface area contributed by atoms with E-state index < -0.39 is 17.7 Å². The monoisotopic (exact) mass is 287 g/mol. The number of hydrogen-bond donors (Lipinski definition) is 0. The largest absolute Gasteiger partial charge is 0.338 e. The lowest BCUT2D eigenvalue weighted by molar-refractivity contribution is -0.128. The number of carbonyl (C=O) groups is 1. The molecular weight excluding hydrogens is 268 g/mol. The zero-order chi connectivity index (χ0) is 14.4. The molecule has 106 valence electrons. The summed E-state index contributed by atoms with van der Waals surface area (Å²) >= 11 is 1.55. The molecule has 0 heterocycles. The maximum absolute atomic E-state index is 13.6. The molecule has 0 radical (unpaired) electrons. The number of amides is 1. The third-order valence-electron chi connectivity index (χ3n) is 2.96. The van der Waals surface area contributed by atoms with Crippen molar-refractivity contribution in [3.8, 4) is 0 Å². The zero-order valence-corrected chi connectivity index (χ0v) is 12.3. The topological polar surface area (TPSA) is 20.3 Å². The van der Waals surface area contributed by atoms with Crippen LogP contribution in [0.25, 0.3) is 0 Å². The van der Waals surface area contributed by atoms with Gasteiger partial charge in [-0.3, -0.25) is 4.79 Å². The average molecular weight is 287 g/mol. The van der Waals surface area contributed by atoms with E-state index >= 15 is 0 Å². The molecule has 1 aromatic rings. The van der Waals surface area contributed by atoms with Crippen molar-refractivity contribution in [2.24, 2.45) is 0 Å². The van der Waals surface area contributed by atoms with Crippen molar-refractivity contribution in [1.82, 2.24) is 4.90 Å². The van der Waals surface area contributed by atoms with E-state index in [0.717, 1.165) is 30.4 Å². The summed E-state index contributed by atoms with van der Waals surface area (Å²) in [5, 5.41) is 0. The van der Waals surface area contributed by atoms with E-state index in [-0.39, 0.29) is 11.5 Å². The third kappa shape index (κ3) is 4.49. The lowest BCUT2D eigenvalue weighted by atomic mass is 10.1. The highest BCUT2D eigenvalue weighted by Crippen LogP contribution is 2.23. The van der Waals surface area contributed by atoms with Crippen LogP contribution in [0.4, 0.5) is 8.78 Å². The van der Waals surface area contributed by atoms with Crippen LogP contribution < -0.4 is 0 Å². The minimum absolute atomic E-state index is 0.0744. The second-order valence-electron chi connectivity index (χ2n) is 4.40. The number of halogens is 2. The van der Waals surface area contributed by atoms with Gasteiger partial charge in [0.05, 0.1) is 11.8 Å². The summed E-state index contributed by atoms with van der Waals surface area (Å²) in [7, 11) is 1.61. The van der Waals surface area contributed by atoms with Crippen molar-refractivity contribution in [1.29, 1.82) is 0 Å². The highest BCUT2D eigenvalue weighted by molar-refractivity contribution is 7.99. The fourth-order valence-electron chi connectivity index (χ4n) is 1.67. The molecule has 0 aliphatic rings. The molecule has 19 heavy (non-hydrogen) atoms. The Morgan fingerprint density at radius 3 is 2.74 bits per heavy atom. The van der Waals surface area contributed by atoms with Crippen LogP contribution in [0.2, 0.25) is 0 Å². The van der Waals surface area contributed by atoms with Crippen molar-refractivity contribution in [3.05, 3.63) is 35.4 Å². The second-order valence-corrected chi connectivity index (χ2v) is 5.50. The van der Waals surface area contributed by atoms with Crippen molar-refractivity contribution in [2.75, 3.05) is 18.6 Å². The van der Waals surface area contributed by atoms with Gasteiger partial charge in [0.2, 0.25) is 5.91 Å². The van der Waals surface area contributed by atoms with Gasteiger partial charge in [-0.05, 0) is 37.3 Å². The van der Waals surface area contributed by atoms with Crippen molar-refractivity contribution in [3.63, 3.8) is 0 Å². The Balaban J connectivity index is 2.72. The summed E-state index contributed by atoms with van der Waals surface area (Å²) in [5.41, 5.74) is 0.205. The molecule has 2 nitrogen and oxygen atoms in total. The normalized spacial score (nSPS) is 12.3. The van der Waals surface area contributed by atoms with Gasteiger partial charge in [-0.15, -0.1) is 0 Å². The fraction of sp³-hybridized carbons (Fsp3) is 0.500. The minimum atomic E-state index is -0.496. The Kier molecular flexibility index (Phi) is 6.28. The quantitative estimate of drug-likeness (QED) is 0.745. The van der Waals surface area contributed by atoms with Crippen molar-refractivity contribution >= 4 is 17.7 Å². The molecule has 0 aromatic heterocycles. The van der Waals surface area contributed by atoms with Crippen molar-refractivity contribution in [2.45, 2.75) is 26.3 Å². The van der Waals surface area contributed by atoms with Gasteiger partial charge in [0.25, 0.3) is 0 Å². The van der Waals surface area contributed by atoms with Gasteiger partial charge >= 0.3 is 0 Å². The van der Waals surface area contributed by atoms with E-state index in [2.05, 4.69) is 0 Å². The molecule has 0 spiro atoms. The molecule has 0 saturated carbocycles. The average Bonchev–Trinajstić information content (AvgIpc) is 2.40. The molecule has 1 rings (SSSR count). The standard InChI is InChI=1S/C14H19F2NOS/c1-4-7-19-9-14(18)17(3)10(2)12-8-11(15)5-6-13(12)16/h5-6,8,10H,4,7,9H2,1-3H3. The Hall–Kier alpha value is -1.10. The van der Waals surface area contributed by atoms with E-state index in [1.165, 1.54) is 4.90 Å². The molecule has 1 unspecified atom stereocenters. The molecule has 0 saturated heterocycles. The number of thioether (sulfide) groups is 1. The van der Waals surface area contributed by atoms with E-state index in [0.29, 0.717) is 5.75 Å². The highest BCUT2D eigenvalue weighted by atomic mass is 32.2. The Bertz CT molecular complexity index is 439. The molecule has 0 fully saturated rings. The smallest absolute Gasteiger partial charge is 0.232 e. The molecule has 1 aromatic carbocycles. The van der Waals surface area contributed by atoms with Crippen LogP contribution in [0, 0.1) is 11.6 Å². The molecule has 0 aliphatic heterocycles. The van der Waals surface area contributed by atoms with Crippen LogP contribution in [0.1, 0.15) is 31.9 Å². The number of carbonyl (C=O) groups excluding carboxylic acids is 1. The number of rotatable bonds is 6. The Morgan fingerprint density at radius 2 is 2.11 bits per heavy atom. The fourth-order valence-corrected chi connectivity index (χ4v) is 2.48. The van der Waals surface area contributed by atoms with Crippen LogP contribution in [0.3, 0.4) is 0 Å². The summed E-state index contributed by atoms with van der Waals surface area (Å²) in [5.74, 6) is 0.224. The lowest BCUT2D eigenvalue weighted by Crippen LogP contribution is -2.31. The highest BCUT2D eigenvalue weighted by Gasteiger charge is 2.20. The van der Waals surface area contributed by atoms with Crippen molar-refractivity contribution < 1.29 is 13.6 Å². The van der Waals surface area contributed by atoms with E-state index in [4.69, 9.17) is 0 Å². The Morgan fingerprint density at radius 1 is 1.42 bits per heavy atom. The summed E-state index contributed by atoms with van der Waals surface area (Å²) in [6, 6.07) is 2.82. The van der Waals surface area contributed by atoms with Gasteiger partial charge in [-0.1, -0.05) is 6.92 Å². The number of nitrogens with zero attached hydrogens (tertiary/aromatic N) is 1. The molecular formula is C14H19F2NOS. The summed E-state index contributed by atoms with van der Waals surface area (Å²) in [6.07, 6.45) is 1.01. The lowest BCUT2D eigenvalue weighted by Gasteiger charge is -2.25. The molecule has 1 atom stereocenters. The maximum Gasteiger partial charge on any atom is 0.232 e. The SMILES string of the molecule is CCCSCC(=O)N(C)C(C)c1cc(F)ccc1F. The molecule has 0 bridgehead atoms. The van der Waals surface area contributed by atoms with Gasteiger partial charge < -0.3 is 4.90 Å². The number of hydrogen-bond acceptors (Lipinski definition) is 2. The first-order valence-corrected chi connectivity index (χ1v) is 7.41. The first-order valence-electron chi connectivity index (χ1n) is 6.25. The minimum Gasteiger partial charge on any atom is -0.338 e. The molecule has 0 N–H and O–H groups in total. The second kappa shape index (κ2) is 7.48. The van der Waals surface area contributed by atoms with Crippen LogP contribution in [-0.4, -0.2) is 29.4 Å². The summed E-state index contributed by atoms with van der Waals surface area (Å²) in [6.45, 7) is 3.74. The van der Waals surface area contributed by atoms with Gasteiger partial charge in [0.1, 0.15) is 11.6 Å². The number of benzene rings is 1. The van der Waals surface area contributed by atoms with Gasteiger partial charge in [-0.2, -0.15) is 11.8 Å². The van der Waals surface area contributed by atoms with E-state index in [9.17, 15) is 13.6 Å². The predicted molar refractivity (Wildman–Crippen MR) is 75.2 cm³/mol. The molecule has 5 heteroatoms. The van der Waals surface area contributed by atoms with Crippen LogP contribution in [0.15, 0.2) is 18.2 Å². The van der Waals surface area contributed by atoms with Crippen LogP contribution >= 0.6 is 11.8 Å². The molecule has 0 aliphatic carbocycles. The maximum atomic E-state index is 13.6.